The van der Waals surface area contributed by atoms with E-state index in [1.54, 1.807) is 0 Å². The van der Waals surface area contributed by atoms with Gasteiger partial charge in [0.25, 0.3) is 0 Å². The van der Waals surface area contributed by atoms with Gasteiger partial charge in [0.05, 0.1) is 0 Å². The predicted molar refractivity (Wildman–Crippen MR) is 77.5 cm³/mol. The Balaban J connectivity index is 0.000000121. The van der Waals surface area contributed by atoms with Gasteiger partial charge in [-0.25, -0.2) is 9.97 Å². The second-order valence-electron chi connectivity index (χ2n) is 4.65. The third-order valence-corrected chi connectivity index (χ3v) is 2.97. The van der Waals surface area contributed by atoms with Gasteiger partial charge < -0.3 is 8.83 Å². The van der Waals surface area contributed by atoms with E-state index >= 15 is 0 Å². The number of nitrogens with zero attached hydrogens (tertiary/aromatic N) is 2. The summed E-state index contributed by atoms with van der Waals surface area (Å²) in [5, 5.41) is 0. The van der Waals surface area contributed by atoms with Crippen molar-refractivity contribution in [2.45, 2.75) is 13.8 Å². The quantitative estimate of drug-likeness (QED) is 0.477. The molecule has 0 spiro atoms. The van der Waals surface area contributed by atoms with Crippen LogP contribution in [0.2, 0.25) is 0 Å². The third kappa shape index (κ3) is 2.54. The van der Waals surface area contributed by atoms with E-state index in [0.29, 0.717) is 0 Å². The van der Waals surface area contributed by atoms with E-state index in [9.17, 15) is 0 Å². The van der Waals surface area contributed by atoms with E-state index in [2.05, 4.69) is 9.97 Å². The first-order chi connectivity index (χ1) is 9.72. The number of hydrogen-bond acceptors (Lipinski definition) is 4. The Morgan fingerprint density at radius 2 is 1.35 bits per heavy atom. The van der Waals surface area contributed by atoms with Gasteiger partial charge in [-0.1, -0.05) is 12.1 Å². The van der Waals surface area contributed by atoms with Crippen molar-refractivity contribution in [1.29, 1.82) is 0 Å². The van der Waals surface area contributed by atoms with Crippen LogP contribution in [-0.2, 0) is 0 Å². The lowest BCUT2D eigenvalue weighted by Gasteiger charge is -1.87. The van der Waals surface area contributed by atoms with Crippen LogP contribution in [-0.4, -0.2) is 9.97 Å². The average molecular weight is 266 g/mol. The lowest BCUT2D eigenvalue weighted by Crippen LogP contribution is -1.70. The Morgan fingerprint density at radius 3 is 2.20 bits per heavy atom. The maximum atomic E-state index is 5.09. The van der Waals surface area contributed by atoms with Crippen molar-refractivity contribution >= 4 is 22.2 Å². The van der Waals surface area contributed by atoms with E-state index < -0.39 is 0 Å². The second-order valence-corrected chi connectivity index (χ2v) is 4.65. The van der Waals surface area contributed by atoms with Crippen LogP contribution in [0.4, 0.5) is 0 Å². The molecule has 100 valence electrons. The van der Waals surface area contributed by atoms with Gasteiger partial charge in [0.2, 0.25) is 0 Å². The summed E-state index contributed by atoms with van der Waals surface area (Å²) in [6.07, 6.45) is 2.92. The minimum Gasteiger partial charge on any atom is -0.443 e. The Kier molecular flexibility index (Phi) is 3.21. The first-order valence-corrected chi connectivity index (χ1v) is 6.32. The minimum absolute atomic E-state index is 0.852. The van der Waals surface area contributed by atoms with E-state index in [0.717, 1.165) is 22.2 Å². The lowest BCUT2D eigenvalue weighted by molar-refractivity contribution is 0.601. The van der Waals surface area contributed by atoms with Crippen LogP contribution in [0.5, 0.6) is 0 Å². The molecule has 0 bridgehead atoms. The highest BCUT2D eigenvalue weighted by molar-refractivity contribution is 5.73. The van der Waals surface area contributed by atoms with Gasteiger partial charge in [0.15, 0.2) is 24.0 Å². The molecule has 0 unspecified atom stereocenters. The van der Waals surface area contributed by atoms with Gasteiger partial charge >= 0.3 is 0 Å². The summed E-state index contributed by atoms with van der Waals surface area (Å²) in [6.45, 7) is 4.07. The molecule has 2 aromatic heterocycles. The highest BCUT2D eigenvalue weighted by Gasteiger charge is 1.95. The summed E-state index contributed by atoms with van der Waals surface area (Å²) in [4.78, 5) is 8.01. The van der Waals surface area contributed by atoms with Crippen LogP contribution in [0.3, 0.4) is 0 Å². The number of oxazole rings is 2. The molecule has 4 nitrogen and oxygen atoms in total. The van der Waals surface area contributed by atoms with Crippen molar-refractivity contribution in [3.05, 3.63) is 60.3 Å². The molecule has 4 rings (SSSR count). The zero-order valence-electron chi connectivity index (χ0n) is 11.3. The molecule has 0 atom stereocenters. The molecule has 4 heteroatoms. The molecule has 4 aromatic rings. The highest BCUT2D eigenvalue weighted by atomic mass is 16.3. The number of hydrogen-bond donors (Lipinski definition) is 0. The summed E-state index contributed by atoms with van der Waals surface area (Å²) >= 11 is 0. The summed E-state index contributed by atoms with van der Waals surface area (Å²) in [6, 6.07) is 11.9. The smallest absolute Gasteiger partial charge is 0.181 e. The average Bonchev–Trinajstić information content (AvgIpc) is 3.06. The maximum Gasteiger partial charge on any atom is 0.181 e. The molecule has 20 heavy (non-hydrogen) atoms. The van der Waals surface area contributed by atoms with Crippen molar-refractivity contribution in [2.75, 3.05) is 0 Å². The third-order valence-electron chi connectivity index (χ3n) is 2.97. The normalized spacial score (nSPS) is 10.5. The zero-order chi connectivity index (χ0) is 13.9. The van der Waals surface area contributed by atoms with E-state index in [1.165, 1.54) is 23.9 Å². The topological polar surface area (TPSA) is 52.1 Å². The second kappa shape index (κ2) is 5.17. The predicted octanol–water partition coefficient (Wildman–Crippen LogP) is 4.27. The molecule has 0 fully saturated rings. The Labute approximate surface area is 116 Å². The van der Waals surface area contributed by atoms with E-state index in [-0.39, 0.29) is 0 Å². The standard InChI is InChI=1S/2C8H7NO/c1-6-2-3-8-7(4-6)9-5-10-8;1-6-2-3-7-8(4-6)10-5-9-7/h2*2-5H,1H3. The lowest BCUT2D eigenvalue weighted by atomic mass is 10.2. The molecule has 0 N–H and O–H groups in total. The molecular weight excluding hydrogens is 252 g/mol. The van der Waals surface area contributed by atoms with E-state index in [4.69, 9.17) is 8.83 Å². The van der Waals surface area contributed by atoms with Crippen LogP contribution in [0.15, 0.2) is 58.0 Å². The van der Waals surface area contributed by atoms with Gasteiger partial charge in [-0.15, -0.1) is 0 Å². The van der Waals surface area contributed by atoms with Crippen LogP contribution in [0.1, 0.15) is 11.1 Å². The number of benzene rings is 2. The Morgan fingerprint density at radius 1 is 0.700 bits per heavy atom. The van der Waals surface area contributed by atoms with Crippen molar-refractivity contribution in [3.8, 4) is 0 Å². The summed E-state index contributed by atoms with van der Waals surface area (Å²) in [5.74, 6) is 0. The molecule has 0 aliphatic heterocycles. The summed E-state index contributed by atoms with van der Waals surface area (Å²) in [5.41, 5.74) is 5.97. The number of rotatable bonds is 0. The van der Waals surface area contributed by atoms with Crippen LogP contribution < -0.4 is 0 Å². The number of fused-ring (bicyclic) bond motifs is 2. The summed E-state index contributed by atoms with van der Waals surface area (Å²) in [7, 11) is 0. The zero-order valence-corrected chi connectivity index (χ0v) is 11.3. The SMILES string of the molecule is Cc1ccc2ncoc2c1.Cc1ccc2ocnc2c1. The molecule has 0 amide bonds. The van der Waals surface area contributed by atoms with Crippen molar-refractivity contribution in [2.24, 2.45) is 0 Å². The van der Waals surface area contributed by atoms with Crippen LogP contribution >= 0.6 is 0 Å². The Bertz CT molecular complexity index is 774. The molecule has 2 aromatic carbocycles. The first-order valence-electron chi connectivity index (χ1n) is 6.32. The largest absolute Gasteiger partial charge is 0.443 e. The maximum absolute atomic E-state index is 5.09. The molecule has 0 saturated carbocycles. The Hall–Kier alpha value is -2.62. The summed E-state index contributed by atoms with van der Waals surface area (Å²) < 4.78 is 10.1. The van der Waals surface area contributed by atoms with Gasteiger partial charge in [-0.2, -0.15) is 0 Å². The molecule has 0 aliphatic rings. The monoisotopic (exact) mass is 266 g/mol. The van der Waals surface area contributed by atoms with Gasteiger partial charge in [0.1, 0.15) is 11.0 Å². The van der Waals surface area contributed by atoms with Crippen molar-refractivity contribution in [1.82, 2.24) is 9.97 Å². The molecule has 0 aliphatic carbocycles. The molecular formula is C16H14N2O2. The molecule has 0 radical (unpaired) electrons. The fraction of sp³-hybridized carbons (Fsp3) is 0.125. The van der Waals surface area contributed by atoms with Crippen LogP contribution in [0, 0.1) is 13.8 Å². The first kappa shape index (κ1) is 12.4. The van der Waals surface area contributed by atoms with Crippen molar-refractivity contribution < 1.29 is 8.83 Å². The number of aromatic nitrogens is 2. The van der Waals surface area contributed by atoms with Gasteiger partial charge in [-0.3, -0.25) is 0 Å². The fourth-order valence-electron chi connectivity index (χ4n) is 1.93. The van der Waals surface area contributed by atoms with Crippen LogP contribution in [0.25, 0.3) is 22.2 Å². The van der Waals surface area contributed by atoms with Gasteiger partial charge in [-0.05, 0) is 49.2 Å². The van der Waals surface area contributed by atoms with Gasteiger partial charge in [0, 0.05) is 0 Å². The highest BCUT2D eigenvalue weighted by Crippen LogP contribution is 2.13. The fourth-order valence-corrected chi connectivity index (χ4v) is 1.93. The number of aryl methyl sites for hydroxylation is 2. The van der Waals surface area contributed by atoms with Crippen molar-refractivity contribution in [3.63, 3.8) is 0 Å². The minimum atomic E-state index is 0.852. The van der Waals surface area contributed by atoms with E-state index in [1.807, 2.05) is 50.2 Å². The molecule has 0 saturated heterocycles. The molecule has 2 heterocycles.